The maximum Gasteiger partial charge on any atom is 0.222 e. The summed E-state index contributed by atoms with van der Waals surface area (Å²) in [5, 5.41) is 0. The average Bonchev–Trinajstić information content (AvgIpc) is 2.58. The van der Waals surface area contributed by atoms with Crippen LogP contribution in [-0.2, 0) is 12.8 Å². The first-order chi connectivity index (χ1) is 11.2. The van der Waals surface area contributed by atoms with Crippen molar-refractivity contribution in [1.29, 1.82) is 0 Å². The maximum absolute atomic E-state index is 6.06. The predicted molar refractivity (Wildman–Crippen MR) is 94.9 cm³/mol. The van der Waals surface area contributed by atoms with Gasteiger partial charge in [-0.25, -0.2) is 4.98 Å². The van der Waals surface area contributed by atoms with E-state index in [9.17, 15) is 0 Å². The van der Waals surface area contributed by atoms with Crippen molar-refractivity contribution in [2.24, 2.45) is 0 Å². The van der Waals surface area contributed by atoms with Crippen LogP contribution in [0.2, 0.25) is 0 Å². The minimum Gasteiger partial charge on any atom is -0.383 e. The van der Waals surface area contributed by atoms with Crippen LogP contribution in [0.1, 0.15) is 23.7 Å². The molecule has 4 heteroatoms. The molecule has 3 aromatic rings. The van der Waals surface area contributed by atoms with Gasteiger partial charge in [-0.05, 0) is 23.1 Å². The van der Waals surface area contributed by atoms with E-state index in [1.807, 2.05) is 25.1 Å². The van der Waals surface area contributed by atoms with E-state index in [1.54, 1.807) is 0 Å². The molecule has 1 heterocycles. The number of rotatable bonds is 4. The van der Waals surface area contributed by atoms with E-state index in [4.69, 9.17) is 11.5 Å². The van der Waals surface area contributed by atoms with Crippen molar-refractivity contribution < 1.29 is 0 Å². The second kappa shape index (κ2) is 6.48. The summed E-state index contributed by atoms with van der Waals surface area (Å²) >= 11 is 0. The Labute approximate surface area is 136 Å². The smallest absolute Gasteiger partial charge is 0.222 e. The number of aryl methyl sites for hydroxylation is 1. The van der Waals surface area contributed by atoms with Gasteiger partial charge in [-0.2, -0.15) is 4.98 Å². The number of nitrogens with zero attached hydrogens (tertiary/aromatic N) is 2. The first kappa shape index (κ1) is 15.0. The van der Waals surface area contributed by atoms with Crippen LogP contribution in [0.15, 0.2) is 54.6 Å². The second-order valence-electron chi connectivity index (χ2n) is 5.49. The van der Waals surface area contributed by atoms with E-state index >= 15 is 0 Å². The fraction of sp³-hybridized carbons (Fsp3) is 0.158. The molecular formula is C19H20N4. The van der Waals surface area contributed by atoms with Crippen LogP contribution in [0, 0.1) is 0 Å². The molecule has 0 unspecified atom stereocenters. The maximum atomic E-state index is 6.06. The van der Waals surface area contributed by atoms with Gasteiger partial charge in [-0.15, -0.1) is 0 Å². The van der Waals surface area contributed by atoms with Crippen LogP contribution in [0.3, 0.4) is 0 Å². The molecule has 1 aromatic heterocycles. The summed E-state index contributed by atoms with van der Waals surface area (Å²) < 4.78 is 0. The minimum atomic E-state index is 0.237. The summed E-state index contributed by atoms with van der Waals surface area (Å²) in [6.45, 7) is 2.05. The number of nitrogens with two attached hydrogens (primary N) is 2. The zero-order valence-electron chi connectivity index (χ0n) is 13.2. The summed E-state index contributed by atoms with van der Waals surface area (Å²) in [4.78, 5) is 8.42. The van der Waals surface area contributed by atoms with Gasteiger partial charge in [0.25, 0.3) is 0 Å². The standard InChI is InChI=1S/C19H20N4/c1-2-17-16(18(20)23-19(21)22-17)12-13-7-6-10-15(11-13)14-8-4-3-5-9-14/h3-11H,2,12H2,1H3,(H4,20,21,22,23). The lowest BCUT2D eigenvalue weighted by atomic mass is 9.98. The van der Waals surface area contributed by atoms with Gasteiger partial charge in [0, 0.05) is 12.0 Å². The number of anilines is 2. The molecule has 116 valence electrons. The summed E-state index contributed by atoms with van der Waals surface area (Å²) in [6, 6.07) is 18.8. The van der Waals surface area contributed by atoms with Crippen LogP contribution in [0.4, 0.5) is 11.8 Å². The van der Waals surface area contributed by atoms with Crippen LogP contribution >= 0.6 is 0 Å². The van der Waals surface area contributed by atoms with Gasteiger partial charge in [0.1, 0.15) is 5.82 Å². The minimum absolute atomic E-state index is 0.237. The number of hydrogen-bond donors (Lipinski definition) is 2. The molecule has 3 rings (SSSR count). The Morgan fingerprint density at radius 1 is 0.870 bits per heavy atom. The average molecular weight is 304 g/mol. The highest BCUT2D eigenvalue weighted by atomic mass is 15.0. The molecule has 0 bridgehead atoms. The van der Waals surface area contributed by atoms with E-state index in [0.717, 1.165) is 17.7 Å². The Balaban J connectivity index is 1.96. The number of nitrogen functional groups attached to an aromatic ring is 2. The van der Waals surface area contributed by atoms with Gasteiger partial charge in [0.2, 0.25) is 5.95 Å². The van der Waals surface area contributed by atoms with E-state index in [-0.39, 0.29) is 5.95 Å². The number of hydrogen-bond acceptors (Lipinski definition) is 4. The van der Waals surface area contributed by atoms with E-state index < -0.39 is 0 Å². The SMILES string of the molecule is CCc1nc(N)nc(N)c1Cc1cccc(-c2ccccc2)c1. The Hall–Kier alpha value is -2.88. The highest BCUT2D eigenvalue weighted by Crippen LogP contribution is 2.24. The van der Waals surface area contributed by atoms with Crippen LogP contribution in [-0.4, -0.2) is 9.97 Å². The lowest BCUT2D eigenvalue weighted by molar-refractivity contribution is 0.958. The first-order valence-corrected chi connectivity index (χ1v) is 7.72. The molecule has 2 aromatic carbocycles. The quantitative estimate of drug-likeness (QED) is 0.773. The monoisotopic (exact) mass is 304 g/mol. The van der Waals surface area contributed by atoms with Gasteiger partial charge in [0.05, 0.1) is 5.69 Å². The van der Waals surface area contributed by atoms with E-state index in [2.05, 4.69) is 46.4 Å². The van der Waals surface area contributed by atoms with Crippen molar-refractivity contribution in [3.63, 3.8) is 0 Å². The Kier molecular flexibility index (Phi) is 4.24. The lowest BCUT2D eigenvalue weighted by Gasteiger charge is -2.11. The van der Waals surface area contributed by atoms with Crippen LogP contribution in [0.5, 0.6) is 0 Å². The molecule has 0 aliphatic carbocycles. The molecule has 23 heavy (non-hydrogen) atoms. The Morgan fingerprint density at radius 2 is 1.61 bits per heavy atom. The fourth-order valence-electron chi connectivity index (χ4n) is 2.75. The van der Waals surface area contributed by atoms with Gasteiger partial charge in [-0.3, -0.25) is 0 Å². The van der Waals surface area contributed by atoms with Crippen molar-refractivity contribution in [2.75, 3.05) is 11.5 Å². The number of aromatic nitrogens is 2. The van der Waals surface area contributed by atoms with Gasteiger partial charge in [0.15, 0.2) is 0 Å². The van der Waals surface area contributed by atoms with Gasteiger partial charge < -0.3 is 11.5 Å². The zero-order valence-corrected chi connectivity index (χ0v) is 13.2. The van der Waals surface area contributed by atoms with Crippen molar-refractivity contribution in [1.82, 2.24) is 9.97 Å². The molecule has 0 aliphatic rings. The molecule has 0 amide bonds. The molecule has 0 spiro atoms. The summed E-state index contributed by atoms with van der Waals surface area (Å²) in [7, 11) is 0. The third-order valence-corrected chi connectivity index (χ3v) is 3.89. The molecule has 4 nitrogen and oxygen atoms in total. The fourth-order valence-corrected chi connectivity index (χ4v) is 2.75. The summed E-state index contributed by atoms with van der Waals surface area (Å²) in [6.07, 6.45) is 1.49. The molecule has 0 atom stereocenters. The molecule has 0 saturated carbocycles. The summed E-state index contributed by atoms with van der Waals surface area (Å²) in [5.41, 5.74) is 17.2. The Morgan fingerprint density at radius 3 is 2.35 bits per heavy atom. The third-order valence-electron chi connectivity index (χ3n) is 3.89. The molecule has 0 fully saturated rings. The van der Waals surface area contributed by atoms with Crippen molar-refractivity contribution in [2.45, 2.75) is 19.8 Å². The topological polar surface area (TPSA) is 77.8 Å². The van der Waals surface area contributed by atoms with Gasteiger partial charge in [-0.1, -0.05) is 61.5 Å². The second-order valence-corrected chi connectivity index (χ2v) is 5.49. The lowest BCUT2D eigenvalue weighted by Crippen LogP contribution is -2.09. The van der Waals surface area contributed by atoms with E-state index in [0.29, 0.717) is 12.2 Å². The molecule has 0 radical (unpaired) electrons. The summed E-state index contributed by atoms with van der Waals surface area (Å²) in [5.74, 6) is 0.709. The molecule has 0 saturated heterocycles. The van der Waals surface area contributed by atoms with Gasteiger partial charge >= 0.3 is 0 Å². The van der Waals surface area contributed by atoms with E-state index in [1.165, 1.54) is 16.7 Å². The van der Waals surface area contributed by atoms with Crippen molar-refractivity contribution in [3.8, 4) is 11.1 Å². The highest BCUT2D eigenvalue weighted by molar-refractivity contribution is 5.64. The van der Waals surface area contributed by atoms with Crippen molar-refractivity contribution in [3.05, 3.63) is 71.4 Å². The normalized spacial score (nSPS) is 10.7. The van der Waals surface area contributed by atoms with Crippen molar-refractivity contribution >= 4 is 11.8 Å². The zero-order chi connectivity index (χ0) is 16.2. The number of benzene rings is 2. The predicted octanol–water partition coefficient (Wildman–Crippen LogP) is 3.46. The molecule has 4 N–H and O–H groups in total. The first-order valence-electron chi connectivity index (χ1n) is 7.72. The Bertz CT molecular complexity index is 813. The highest BCUT2D eigenvalue weighted by Gasteiger charge is 2.11. The molecular weight excluding hydrogens is 284 g/mol. The van der Waals surface area contributed by atoms with Crippen LogP contribution < -0.4 is 11.5 Å². The molecule has 0 aliphatic heterocycles. The third kappa shape index (κ3) is 3.31. The van der Waals surface area contributed by atoms with Crippen LogP contribution in [0.25, 0.3) is 11.1 Å². The largest absolute Gasteiger partial charge is 0.383 e.